The molecule has 0 aromatic heterocycles. The van der Waals surface area contributed by atoms with E-state index in [1.807, 2.05) is 48.5 Å². The van der Waals surface area contributed by atoms with Crippen LogP contribution in [0.25, 0.3) is 0 Å². The first-order chi connectivity index (χ1) is 9.11. The minimum absolute atomic E-state index is 0. The van der Waals surface area contributed by atoms with Crippen molar-refractivity contribution in [2.75, 3.05) is 14.1 Å². The Morgan fingerprint density at radius 2 is 1.35 bits per heavy atom. The number of halogens is 1. The van der Waals surface area contributed by atoms with Gasteiger partial charge in [-0.3, -0.25) is 0 Å². The maximum atomic E-state index is 10.6. The van der Waals surface area contributed by atoms with Crippen molar-refractivity contribution >= 4 is 0 Å². The zero-order chi connectivity index (χ0) is 13.8. The van der Waals surface area contributed by atoms with Crippen molar-refractivity contribution < 1.29 is 17.5 Å². The standard InChI is InChI=1S/C17H21NO.ClH/c1-13(18(2)3)15-11-7-8-12-16(15)17(19)14-9-5-4-6-10-14;/h4-13,17,19H,1-3H3;1H/p-1. The van der Waals surface area contributed by atoms with Gasteiger partial charge < -0.3 is 22.4 Å². The van der Waals surface area contributed by atoms with Crippen LogP contribution in [0.15, 0.2) is 54.6 Å². The minimum atomic E-state index is -0.570. The molecule has 1 N–H and O–H groups in total. The van der Waals surface area contributed by atoms with Gasteiger partial charge in [0.2, 0.25) is 0 Å². The van der Waals surface area contributed by atoms with E-state index in [1.54, 1.807) is 0 Å². The van der Waals surface area contributed by atoms with Gasteiger partial charge in [0.1, 0.15) is 6.10 Å². The Kier molecular flexibility index (Phi) is 6.21. The van der Waals surface area contributed by atoms with E-state index in [9.17, 15) is 5.11 Å². The first-order valence-electron chi connectivity index (χ1n) is 6.59. The second-order valence-corrected chi connectivity index (χ2v) is 5.08. The topological polar surface area (TPSA) is 23.5 Å². The van der Waals surface area contributed by atoms with Crippen molar-refractivity contribution in [1.29, 1.82) is 0 Å². The SMILES string of the molecule is CC(c1ccccc1C(O)c1ccccc1)N(C)C.[Cl-]. The third kappa shape index (κ3) is 3.60. The number of hydrogen-bond donors (Lipinski definition) is 1. The third-order valence-corrected chi connectivity index (χ3v) is 3.63. The van der Waals surface area contributed by atoms with E-state index < -0.39 is 6.10 Å². The Bertz CT molecular complexity index is 528. The molecule has 2 rings (SSSR count). The summed E-state index contributed by atoms with van der Waals surface area (Å²) in [6.45, 7) is 2.15. The lowest BCUT2D eigenvalue weighted by Gasteiger charge is -2.25. The summed E-state index contributed by atoms with van der Waals surface area (Å²) in [5.74, 6) is 0. The maximum absolute atomic E-state index is 10.6. The molecule has 0 spiro atoms. The molecule has 2 aromatic carbocycles. The molecule has 0 aliphatic carbocycles. The van der Waals surface area contributed by atoms with Crippen LogP contribution >= 0.6 is 0 Å². The summed E-state index contributed by atoms with van der Waals surface area (Å²) in [6.07, 6.45) is -0.570. The van der Waals surface area contributed by atoms with Crippen LogP contribution < -0.4 is 12.4 Å². The van der Waals surface area contributed by atoms with E-state index in [-0.39, 0.29) is 18.4 Å². The fourth-order valence-electron chi connectivity index (χ4n) is 2.23. The fourth-order valence-corrected chi connectivity index (χ4v) is 2.23. The van der Waals surface area contributed by atoms with Crippen LogP contribution in [0.2, 0.25) is 0 Å². The van der Waals surface area contributed by atoms with E-state index in [4.69, 9.17) is 0 Å². The van der Waals surface area contributed by atoms with Crippen LogP contribution in [0.5, 0.6) is 0 Å². The Labute approximate surface area is 127 Å². The van der Waals surface area contributed by atoms with E-state index >= 15 is 0 Å². The molecular formula is C17H21ClNO-. The predicted octanol–water partition coefficient (Wildman–Crippen LogP) is 0.395. The van der Waals surface area contributed by atoms with Crippen LogP contribution in [0, 0.1) is 0 Å². The average Bonchev–Trinajstić information content (AvgIpc) is 2.46. The molecule has 2 nitrogen and oxygen atoms in total. The molecular weight excluding hydrogens is 270 g/mol. The van der Waals surface area contributed by atoms with Crippen molar-refractivity contribution in [3.63, 3.8) is 0 Å². The quantitative estimate of drug-likeness (QED) is 0.881. The third-order valence-electron chi connectivity index (χ3n) is 3.63. The maximum Gasteiger partial charge on any atom is 0.104 e. The zero-order valence-corrected chi connectivity index (χ0v) is 12.9. The number of nitrogens with zero attached hydrogens (tertiary/aromatic N) is 1. The van der Waals surface area contributed by atoms with Crippen molar-refractivity contribution in [2.24, 2.45) is 0 Å². The van der Waals surface area contributed by atoms with Gasteiger partial charge >= 0.3 is 0 Å². The molecule has 3 heteroatoms. The van der Waals surface area contributed by atoms with Crippen molar-refractivity contribution in [3.8, 4) is 0 Å². The van der Waals surface area contributed by atoms with Crippen molar-refractivity contribution in [3.05, 3.63) is 71.3 Å². The van der Waals surface area contributed by atoms with Crippen LogP contribution in [0.1, 0.15) is 35.8 Å². The van der Waals surface area contributed by atoms with E-state index in [1.165, 1.54) is 5.56 Å². The Morgan fingerprint density at radius 1 is 0.850 bits per heavy atom. The molecule has 2 atom stereocenters. The molecule has 0 aliphatic rings. The molecule has 0 aliphatic heterocycles. The van der Waals surface area contributed by atoms with Crippen LogP contribution in [-0.2, 0) is 0 Å². The summed E-state index contributed by atoms with van der Waals surface area (Å²) in [5.41, 5.74) is 3.08. The van der Waals surface area contributed by atoms with Gasteiger partial charge in [0, 0.05) is 6.04 Å². The van der Waals surface area contributed by atoms with E-state index in [2.05, 4.69) is 32.0 Å². The zero-order valence-electron chi connectivity index (χ0n) is 12.1. The first kappa shape index (κ1) is 16.7. The smallest absolute Gasteiger partial charge is 0.104 e. The highest BCUT2D eigenvalue weighted by Gasteiger charge is 2.18. The molecule has 0 saturated carbocycles. The fraction of sp³-hybridized carbons (Fsp3) is 0.294. The second kappa shape index (κ2) is 7.44. The molecule has 0 fully saturated rings. The summed E-state index contributed by atoms with van der Waals surface area (Å²) in [4.78, 5) is 2.15. The monoisotopic (exact) mass is 290 g/mol. The lowest BCUT2D eigenvalue weighted by atomic mass is 9.93. The molecule has 20 heavy (non-hydrogen) atoms. The first-order valence-corrected chi connectivity index (χ1v) is 6.59. The van der Waals surface area contributed by atoms with Gasteiger partial charge in [-0.15, -0.1) is 0 Å². The predicted molar refractivity (Wildman–Crippen MR) is 79.0 cm³/mol. The molecule has 0 saturated heterocycles. The highest BCUT2D eigenvalue weighted by Crippen LogP contribution is 2.30. The Morgan fingerprint density at radius 3 is 1.90 bits per heavy atom. The molecule has 0 bridgehead atoms. The van der Waals surface area contributed by atoms with Crippen LogP contribution in [0.3, 0.4) is 0 Å². The van der Waals surface area contributed by atoms with Crippen LogP contribution in [-0.4, -0.2) is 24.1 Å². The Balaban J connectivity index is 0.00000200. The second-order valence-electron chi connectivity index (χ2n) is 5.08. The van der Waals surface area contributed by atoms with Gasteiger partial charge in [0.05, 0.1) is 0 Å². The number of aliphatic hydroxyl groups is 1. The lowest BCUT2D eigenvalue weighted by Crippen LogP contribution is -3.00. The van der Waals surface area contributed by atoms with Gasteiger partial charge in [0.25, 0.3) is 0 Å². The summed E-state index contributed by atoms with van der Waals surface area (Å²) in [7, 11) is 4.10. The summed E-state index contributed by atoms with van der Waals surface area (Å²) < 4.78 is 0. The van der Waals surface area contributed by atoms with Crippen LogP contribution in [0.4, 0.5) is 0 Å². The number of benzene rings is 2. The molecule has 108 valence electrons. The highest BCUT2D eigenvalue weighted by atomic mass is 35.5. The molecule has 2 unspecified atom stereocenters. The van der Waals surface area contributed by atoms with Crippen molar-refractivity contribution in [2.45, 2.75) is 19.1 Å². The van der Waals surface area contributed by atoms with Crippen molar-refractivity contribution in [1.82, 2.24) is 4.90 Å². The Hall–Kier alpha value is -1.35. The van der Waals surface area contributed by atoms with Gasteiger partial charge in [-0.2, -0.15) is 0 Å². The average molecular weight is 291 g/mol. The normalized spacial score (nSPS) is 13.7. The van der Waals surface area contributed by atoms with E-state index in [0.717, 1.165) is 11.1 Å². The summed E-state index contributed by atoms with van der Waals surface area (Å²) in [5, 5.41) is 10.6. The van der Waals surface area contributed by atoms with Gasteiger partial charge in [-0.25, -0.2) is 0 Å². The van der Waals surface area contributed by atoms with Gasteiger partial charge in [-0.05, 0) is 37.7 Å². The van der Waals surface area contributed by atoms with Gasteiger partial charge in [-0.1, -0.05) is 54.6 Å². The minimum Gasteiger partial charge on any atom is -1.00 e. The summed E-state index contributed by atoms with van der Waals surface area (Å²) >= 11 is 0. The van der Waals surface area contributed by atoms with Gasteiger partial charge in [0.15, 0.2) is 0 Å². The molecule has 0 amide bonds. The largest absolute Gasteiger partial charge is 1.00 e. The summed E-state index contributed by atoms with van der Waals surface area (Å²) in [6, 6.07) is 18.2. The number of aliphatic hydroxyl groups excluding tert-OH is 1. The molecule has 0 heterocycles. The lowest BCUT2D eigenvalue weighted by molar-refractivity contribution is -0.00000532. The molecule has 2 aromatic rings. The number of hydrogen-bond acceptors (Lipinski definition) is 2. The molecule has 0 radical (unpaired) electrons. The van der Waals surface area contributed by atoms with E-state index in [0.29, 0.717) is 0 Å². The number of rotatable bonds is 4. The highest BCUT2D eigenvalue weighted by molar-refractivity contribution is 5.37.